The molecule has 4 heteroatoms. The molecule has 1 aromatic rings. The van der Waals surface area contributed by atoms with Crippen molar-refractivity contribution >= 4 is 0 Å². The highest BCUT2D eigenvalue weighted by atomic mass is 19.1. The standard InChI is InChI=1S/C12H13FN2O/c13-11-1-2-12(10(7-11)8-14)9-3-5-15(16)6-4-9/h1-2,7,9,15H,3-6H2. The maximum atomic E-state index is 13.0. The average Bonchev–Trinajstić information content (AvgIpc) is 2.30. The SMILES string of the molecule is N#Cc1cc(F)ccc1C1CC[NH+]([O-])CC1. The zero-order valence-corrected chi connectivity index (χ0v) is 8.87. The Balaban J connectivity index is 2.24. The van der Waals surface area contributed by atoms with E-state index in [0.29, 0.717) is 18.7 Å². The van der Waals surface area contributed by atoms with Gasteiger partial charge in [0.15, 0.2) is 0 Å². The quantitative estimate of drug-likeness (QED) is 0.716. The molecule has 3 nitrogen and oxygen atoms in total. The monoisotopic (exact) mass is 220 g/mol. The van der Waals surface area contributed by atoms with E-state index in [-0.39, 0.29) is 16.8 Å². The topological polar surface area (TPSA) is 51.3 Å². The fourth-order valence-electron chi connectivity index (χ4n) is 2.23. The first-order valence-electron chi connectivity index (χ1n) is 5.42. The maximum Gasteiger partial charge on any atom is 0.124 e. The largest absolute Gasteiger partial charge is 0.634 e. The molecule has 84 valence electrons. The summed E-state index contributed by atoms with van der Waals surface area (Å²) in [6.45, 7) is 1.15. The molecule has 1 heterocycles. The Hall–Kier alpha value is -1.44. The first-order valence-corrected chi connectivity index (χ1v) is 5.42. The number of hydrogen-bond acceptors (Lipinski definition) is 2. The predicted molar refractivity (Wildman–Crippen MR) is 57.2 cm³/mol. The van der Waals surface area contributed by atoms with E-state index < -0.39 is 0 Å². The summed E-state index contributed by atoms with van der Waals surface area (Å²) in [5.74, 6) is -0.153. The lowest BCUT2D eigenvalue weighted by atomic mass is 9.87. The summed E-state index contributed by atoms with van der Waals surface area (Å²) in [6.07, 6.45) is 1.55. The Labute approximate surface area is 93.7 Å². The van der Waals surface area contributed by atoms with E-state index in [4.69, 9.17) is 5.26 Å². The molecular formula is C12H13FN2O. The van der Waals surface area contributed by atoms with Crippen molar-refractivity contribution in [2.45, 2.75) is 18.8 Å². The van der Waals surface area contributed by atoms with Crippen molar-refractivity contribution in [3.63, 3.8) is 0 Å². The van der Waals surface area contributed by atoms with Gasteiger partial charge in [-0.1, -0.05) is 6.07 Å². The third-order valence-corrected chi connectivity index (χ3v) is 3.12. The lowest BCUT2D eigenvalue weighted by Gasteiger charge is -2.31. The van der Waals surface area contributed by atoms with E-state index in [0.717, 1.165) is 18.4 Å². The minimum Gasteiger partial charge on any atom is -0.634 e. The molecule has 1 aliphatic heterocycles. The van der Waals surface area contributed by atoms with Crippen LogP contribution in [0.25, 0.3) is 0 Å². The van der Waals surface area contributed by atoms with Crippen LogP contribution in [0.5, 0.6) is 0 Å². The minimum absolute atomic E-state index is 0.230. The summed E-state index contributed by atoms with van der Waals surface area (Å²) in [5, 5.41) is 20.4. The fourth-order valence-corrected chi connectivity index (χ4v) is 2.23. The van der Waals surface area contributed by atoms with Gasteiger partial charge < -0.3 is 10.3 Å². The van der Waals surface area contributed by atoms with Gasteiger partial charge in [-0.3, -0.25) is 0 Å². The normalized spacial score (nSPS) is 25.1. The number of nitriles is 1. The molecule has 1 aromatic carbocycles. The average molecular weight is 220 g/mol. The van der Waals surface area contributed by atoms with Crippen LogP contribution in [0, 0.1) is 22.4 Å². The molecule has 1 saturated heterocycles. The summed E-state index contributed by atoms with van der Waals surface area (Å²) >= 11 is 0. The van der Waals surface area contributed by atoms with Crippen molar-refractivity contribution < 1.29 is 9.45 Å². The number of nitrogens with zero attached hydrogens (tertiary/aromatic N) is 1. The van der Waals surface area contributed by atoms with Crippen LogP contribution >= 0.6 is 0 Å². The smallest absolute Gasteiger partial charge is 0.124 e. The molecule has 0 spiro atoms. The molecule has 2 rings (SSSR count). The van der Waals surface area contributed by atoms with Gasteiger partial charge in [0.1, 0.15) is 5.82 Å². The second-order valence-corrected chi connectivity index (χ2v) is 4.16. The van der Waals surface area contributed by atoms with E-state index in [1.54, 1.807) is 6.07 Å². The second-order valence-electron chi connectivity index (χ2n) is 4.16. The Bertz CT molecular complexity index is 420. The molecule has 0 unspecified atom stereocenters. The lowest BCUT2D eigenvalue weighted by Crippen LogP contribution is -3.08. The predicted octanol–water partition coefficient (Wildman–Crippen LogP) is 0.957. The number of piperidine rings is 1. The van der Waals surface area contributed by atoms with Crippen LogP contribution in [0.4, 0.5) is 4.39 Å². The first-order chi connectivity index (χ1) is 7.70. The minimum atomic E-state index is -0.382. The zero-order chi connectivity index (χ0) is 11.5. The van der Waals surface area contributed by atoms with Crippen molar-refractivity contribution in [2.75, 3.05) is 13.1 Å². The van der Waals surface area contributed by atoms with Gasteiger partial charge in [0.05, 0.1) is 24.7 Å². The zero-order valence-electron chi connectivity index (χ0n) is 8.87. The van der Waals surface area contributed by atoms with E-state index in [9.17, 15) is 9.60 Å². The van der Waals surface area contributed by atoms with E-state index in [2.05, 4.69) is 0 Å². The van der Waals surface area contributed by atoms with Crippen LogP contribution in [-0.4, -0.2) is 13.1 Å². The van der Waals surface area contributed by atoms with Crippen molar-refractivity contribution in [1.82, 2.24) is 0 Å². The number of nitrogens with one attached hydrogen (secondary N) is 1. The van der Waals surface area contributed by atoms with Gasteiger partial charge in [-0.2, -0.15) is 5.26 Å². The molecule has 0 aliphatic carbocycles. The fraction of sp³-hybridized carbons (Fsp3) is 0.417. The van der Waals surface area contributed by atoms with Crippen LogP contribution in [0.2, 0.25) is 0 Å². The Morgan fingerprint density at radius 3 is 2.69 bits per heavy atom. The summed E-state index contributed by atoms with van der Waals surface area (Å²) in [4.78, 5) is 0. The van der Waals surface area contributed by atoms with Gasteiger partial charge in [-0.05, 0) is 23.6 Å². The molecule has 1 aliphatic rings. The highest BCUT2D eigenvalue weighted by molar-refractivity contribution is 5.40. The lowest BCUT2D eigenvalue weighted by molar-refractivity contribution is -0.854. The number of halogens is 1. The summed E-state index contributed by atoms with van der Waals surface area (Å²) in [7, 11) is 0. The summed E-state index contributed by atoms with van der Waals surface area (Å²) in [6, 6.07) is 6.35. The third kappa shape index (κ3) is 2.21. The molecule has 0 saturated carbocycles. The van der Waals surface area contributed by atoms with Crippen LogP contribution in [0.15, 0.2) is 18.2 Å². The van der Waals surface area contributed by atoms with E-state index in [1.807, 2.05) is 6.07 Å². The van der Waals surface area contributed by atoms with E-state index >= 15 is 0 Å². The van der Waals surface area contributed by atoms with E-state index in [1.165, 1.54) is 12.1 Å². The number of benzene rings is 1. The van der Waals surface area contributed by atoms with Crippen LogP contribution in [0.1, 0.15) is 29.9 Å². The molecule has 0 atom stereocenters. The van der Waals surface area contributed by atoms with Gasteiger partial charge >= 0.3 is 0 Å². The molecule has 0 amide bonds. The van der Waals surface area contributed by atoms with Gasteiger partial charge in [0.25, 0.3) is 0 Å². The second kappa shape index (κ2) is 4.60. The van der Waals surface area contributed by atoms with Crippen molar-refractivity contribution in [3.05, 3.63) is 40.4 Å². The van der Waals surface area contributed by atoms with Crippen LogP contribution < -0.4 is 5.06 Å². The van der Waals surface area contributed by atoms with Crippen molar-refractivity contribution in [3.8, 4) is 6.07 Å². The molecule has 0 radical (unpaired) electrons. The number of quaternary nitrogens is 1. The molecular weight excluding hydrogens is 207 g/mol. The Morgan fingerprint density at radius 2 is 2.06 bits per heavy atom. The number of hydrogen-bond donors (Lipinski definition) is 1. The van der Waals surface area contributed by atoms with Crippen LogP contribution in [-0.2, 0) is 0 Å². The van der Waals surface area contributed by atoms with Gasteiger partial charge in [0.2, 0.25) is 0 Å². The third-order valence-electron chi connectivity index (χ3n) is 3.12. The molecule has 16 heavy (non-hydrogen) atoms. The highest BCUT2D eigenvalue weighted by Gasteiger charge is 2.21. The summed E-state index contributed by atoms with van der Waals surface area (Å²) in [5.41, 5.74) is 1.29. The van der Waals surface area contributed by atoms with Gasteiger partial charge in [-0.25, -0.2) is 4.39 Å². The van der Waals surface area contributed by atoms with Crippen molar-refractivity contribution in [1.29, 1.82) is 5.26 Å². The highest BCUT2D eigenvalue weighted by Crippen LogP contribution is 2.27. The number of hydroxylamine groups is 2. The van der Waals surface area contributed by atoms with Gasteiger partial charge in [-0.15, -0.1) is 0 Å². The Kier molecular flexibility index (Phi) is 3.18. The van der Waals surface area contributed by atoms with Gasteiger partial charge in [0, 0.05) is 12.8 Å². The first kappa shape index (κ1) is 11.1. The number of rotatable bonds is 1. The maximum absolute atomic E-state index is 13.0. The van der Waals surface area contributed by atoms with Crippen LogP contribution in [0.3, 0.4) is 0 Å². The molecule has 0 aromatic heterocycles. The molecule has 1 fully saturated rings. The Morgan fingerprint density at radius 1 is 1.38 bits per heavy atom. The molecule has 0 bridgehead atoms. The molecule has 1 N–H and O–H groups in total. The van der Waals surface area contributed by atoms with Crippen molar-refractivity contribution in [2.24, 2.45) is 0 Å². The summed E-state index contributed by atoms with van der Waals surface area (Å²) < 4.78 is 13.0.